The molecule has 2 atom stereocenters. The van der Waals surface area contributed by atoms with Crippen LogP contribution in [0.15, 0.2) is 48.5 Å². The third kappa shape index (κ3) is 5.13. The molecule has 0 unspecified atom stereocenters. The average molecular weight is 358 g/mol. The van der Waals surface area contributed by atoms with Gasteiger partial charge in [-0.25, -0.2) is 9.18 Å². The predicted molar refractivity (Wildman–Crippen MR) is 98.0 cm³/mol. The Labute approximate surface area is 153 Å². The molecule has 0 aliphatic heterocycles. The highest BCUT2D eigenvalue weighted by Gasteiger charge is 2.26. The van der Waals surface area contributed by atoms with Crippen molar-refractivity contribution in [2.75, 3.05) is 7.05 Å². The van der Waals surface area contributed by atoms with E-state index < -0.39 is 18.0 Å². The molecule has 3 amide bonds. The summed E-state index contributed by atoms with van der Waals surface area (Å²) in [5.74, 6) is -0.732. The van der Waals surface area contributed by atoms with Crippen LogP contribution in [0.25, 0.3) is 0 Å². The third-order valence-corrected chi connectivity index (χ3v) is 4.31. The van der Waals surface area contributed by atoms with Gasteiger partial charge in [0.1, 0.15) is 11.9 Å². The summed E-state index contributed by atoms with van der Waals surface area (Å²) in [6.45, 7) is 3.79. The Kier molecular flexibility index (Phi) is 6.86. The Morgan fingerprint density at radius 2 is 1.81 bits per heavy atom. The van der Waals surface area contributed by atoms with E-state index >= 15 is 0 Å². The molecule has 0 spiro atoms. The summed E-state index contributed by atoms with van der Waals surface area (Å²) in [5.41, 5.74) is 2.93. The molecule has 5 nitrogen and oxygen atoms in total. The Morgan fingerprint density at radius 1 is 1.12 bits per heavy atom. The van der Waals surface area contributed by atoms with Gasteiger partial charge in [-0.05, 0) is 31.0 Å². The maximum atomic E-state index is 13.7. The lowest BCUT2D eigenvalue weighted by atomic mass is 9.96. The van der Waals surface area contributed by atoms with Crippen molar-refractivity contribution in [3.05, 3.63) is 71.0 Å². The number of imide groups is 1. The Bertz CT molecular complexity index is 762. The molecule has 0 aliphatic carbocycles. The number of urea groups is 1. The molecule has 4 N–H and O–H groups in total. The van der Waals surface area contributed by atoms with Crippen LogP contribution in [0.2, 0.25) is 0 Å². The van der Waals surface area contributed by atoms with Gasteiger partial charge in [-0.2, -0.15) is 0 Å². The summed E-state index contributed by atoms with van der Waals surface area (Å²) in [4.78, 5) is 23.6. The monoisotopic (exact) mass is 358 g/mol. The second-order valence-electron chi connectivity index (χ2n) is 6.18. The quantitative estimate of drug-likeness (QED) is 0.738. The third-order valence-electron chi connectivity index (χ3n) is 4.31. The van der Waals surface area contributed by atoms with Crippen LogP contribution >= 0.6 is 0 Å². The molecule has 0 heterocycles. The van der Waals surface area contributed by atoms with E-state index in [-0.39, 0.29) is 11.9 Å². The molecule has 0 fully saturated rings. The first-order valence-electron chi connectivity index (χ1n) is 8.66. The fourth-order valence-corrected chi connectivity index (χ4v) is 2.74. The van der Waals surface area contributed by atoms with Gasteiger partial charge in [-0.1, -0.05) is 43.3 Å². The molecule has 138 valence electrons. The second kappa shape index (κ2) is 9.10. The number of benzene rings is 2. The Morgan fingerprint density at radius 3 is 2.38 bits per heavy atom. The van der Waals surface area contributed by atoms with Crippen LogP contribution in [-0.2, 0) is 11.2 Å². The Balaban J connectivity index is 2.28. The molecule has 26 heavy (non-hydrogen) atoms. The normalized spacial score (nSPS) is 12.9. The van der Waals surface area contributed by atoms with Crippen molar-refractivity contribution in [1.29, 1.82) is 0 Å². The minimum atomic E-state index is -0.551. The van der Waals surface area contributed by atoms with Crippen LogP contribution in [0.5, 0.6) is 0 Å². The molecule has 0 saturated heterocycles. The number of hydrogen-bond donors (Lipinski definition) is 3. The number of hydrogen-bond acceptors (Lipinski definition) is 2. The number of carbonyl (C=O) groups is 2. The van der Waals surface area contributed by atoms with Crippen LogP contribution in [0.4, 0.5) is 9.18 Å². The molecule has 2 aromatic rings. The zero-order valence-electron chi connectivity index (χ0n) is 15.3. The van der Waals surface area contributed by atoms with Crippen molar-refractivity contribution in [2.45, 2.75) is 32.4 Å². The number of amides is 3. The molecular weight excluding hydrogens is 333 g/mol. The number of quaternary nitrogens is 1. The summed E-state index contributed by atoms with van der Waals surface area (Å²) in [7, 11) is 1.45. The number of nitrogens with one attached hydrogen (secondary N) is 2. The zero-order valence-corrected chi connectivity index (χ0v) is 15.3. The minimum Gasteiger partial charge on any atom is -0.341 e. The topological polar surface area (TPSA) is 74.8 Å². The van der Waals surface area contributed by atoms with Crippen molar-refractivity contribution in [3.8, 4) is 0 Å². The Hall–Kier alpha value is -2.73. The van der Waals surface area contributed by atoms with E-state index in [1.807, 2.05) is 35.6 Å². The van der Waals surface area contributed by atoms with Crippen LogP contribution < -0.4 is 16.0 Å². The lowest BCUT2D eigenvalue weighted by Crippen LogP contribution is -2.93. The van der Waals surface area contributed by atoms with E-state index in [2.05, 4.69) is 17.6 Å². The van der Waals surface area contributed by atoms with Crippen molar-refractivity contribution in [1.82, 2.24) is 10.6 Å². The van der Waals surface area contributed by atoms with Crippen molar-refractivity contribution < 1.29 is 19.3 Å². The largest absolute Gasteiger partial charge is 0.341 e. The summed E-state index contributed by atoms with van der Waals surface area (Å²) in [5, 5.41) is 6.45. The van der Waals surface area contributed by atoms with E-state index in [9.17, 15) is 14.0 Å². The van der Waals surface area contributed by atoms with Crippen LogP contribution in [0.3, 0.4) is 0 Å². The number of rotatable bonds is 6. The first-order chi connectivity index (χ1) is 12.4. The van der Waals surface area contributed by atoms with Crippen molar-refractivity contribution in [2.24, 2.45) is 0 Å². The average Bonchev–Trinajstić information content (AvgIpc) is 2.65. The maximum Gasteiger partial charge on any atom is 0.321 e. The summed E-state index contributed by atoms with van der Waals surface area (Å²) in [6, 6.07) is 13.1. The first kappa shape index (κ1) is 19.6. The predicted octanol–water partition coefficient (Wildman–Crippen LogP) is 1.89. The van der Waals surface area contributed by atoms with Crippen LogP contribution in [0.1, 0.15) is 36.6 Å². The molecule has 6 heteroatoms. The van der Waals surface area contributed by atoms with Crippen molar-refractivity contribution in [3.63, 3.8) is 0 Å². The van der Waals surface area contributed by atoms with Gasteiger partial charge >= 0.3 is 6.03 Å². The summed E-state index contributed by atoms with van der Waals surface area (Å²) >= 11 is 0. The standard InChI is InChI=1S/C20H24FN3O2/c1-4-14-8-10-15(11-9-14)18(16-6-5-7-17(21)12-16)23-13(2)19(25)24-20(26)22-3/h5-13,18,23H,4H2,1-3H3,(H2,22,24,25,26)/p+1/t13-,18-/m1/s1. The highest BCUT2D eigenvalue weighted by Crippen LogP contribution is 2.20. The molecule has 2 rings (SSSR count). The van der Waals surface area contributed by atoms with E-state index in [4.69, 9.17) is 0 Å². The SMILES string of the molecule is CCc1ccc([C@@H]([NH2+][C@H](C)C(=O)NC(=O)NC)c2cccc(F)c2)cc1. The van der Waals surface area contributed by atoms with Gasteiger partial charge in [0.05, 0.1) is 0 Å². The molecule has 0 aliphatic rings. The molecule has 0 aromatic heterocycles. The lowest BCUT2D eigenvalue weighted by Gasteiger charge is -2.21. The number of halogens is 1. The highest BCUT2D eigenvalue weighted by atomic mass is 19.1. The van der Waals surface area contributed by atoms with E-state index in [0.717, 1.165) is 17.5 Å². The minimum absolute atomic E-state index is 0.262. The molecular formula is C20H25FN3O2+. The van der Waals surface area contributed by atoms with Gasteiger partial charge in [0, 0.05) is 18.2 Å². The van der Waals surface area contributed by atoms with E-state index in [1.54, 1.807) is 13.0 Å². The highest BCUT2D eigenvalue weighted by molar-refractivity contribution is 5.95. The molecule has 0 bridgehead atoms. The zero-order chi connectivity index (χ0) is 19.1. The lowest BCUT2D eigenvalue weighted by molar-refractivity contribution is -0.704. The van der Waals surface area contributed by atoms with Gasteiger partial charge in [0.2, 0.25) is 0 Å². The van der Waals surface area contributed by atoms with Gasteiger partial charge < -0.3 is 10.6 Å². The van der Waals surface area contributed by atoms with E-state index in [0.29, 0.717) is 0 Å². The van der Waals surface area contributed by atoms with Gasteiger partial charge in [-0.15, -0.1) is 0 Å². The fraction of sp³-hybridized carbons (Fsp3) is 0.300. The number of carbonyl (C=O) groups excluding carboxylic acids is 2. The number of nitrogens with two attached hydrogens (primary N) is 1. The first-order valence-corrected chi connectivity index (χ1v) is 8.66. The summed E-state index contributed by atoms with van der Waals surface area (Å²) < 4.78 is 13.7. The van der Waals surface area contributed by atoms with Crippen molar-refractivity contribution >= 4 is 11.9 Å². The van der Waals surface area contributed by atoms with E-state index in [1.165, 1.54) is 24.7 Å². The fourth-order valence-electron chi connectivity index (χ4n) is 2.74. The number of aryl methyl sites for hydroxylation is 1. The van der Waals surface area contributed by atoms with Crippen LogP contribution in [0, 0.1) is 5.82 Å². The molecule has 0 saturated carbocycles. The smallest absolute Gasteiger partial charge is 0.321 e. The van der Waals surface area contributed by atoms with Gasteiger partial charge in [-0.3, -0.25) is 10.1 Å². The summed E-state index contributed by atoms with van der Waals surface area (Å²) in [6.07, 6.45) is 0.930. The van der Waals surface area contributed by atoms with Crippen LogP contribution in [-0.4, -0.2) is 25.0 Å². The molecule has 0 radical (unpaired) electrons. The van der Waals surface area contributed by atoms with Gasteiger partial charge in [0.15, 0.2) is 6.04 Å². The maximum absolute atomic E-state index is 13.7. The van der Waals surface area contributed by atoms with Gasteiger partial charge in [0.25, 0.3) is 5.91 Å². The molecule has 2 aromatic carbocycles. The second-order valence-corrected chi connectivity index (χ2v) is 6.18.